The molecule has 0 spiro atoms. The van der Waals surface area contributed by atoms with E-state index >= 15 is 0 Å². The number of nitrogens with one attached hydrogen (secondary N) is 1. The molecular weight excluding hydrogens is 206 g/mol. The van der Waals surface area contributed by atoms with E-state index in [0.717, 1.165) is 12.3 Å². The Morgan fingerprint density at radius 1 is 1.19 bits per heavy atom. The number of carbonyl (C=O) groups excluding carboxylic acids is 1. The van der Waals surface area contributed by atoms with Crippen molar-refractivity contribution in [2.75, 3.05) is 0 Å². The van der Waals surface area contributed by atoms with Crippen LogP contribution in [0, 0.1) is 11.8 Å². The van der Waals surface area contributed by atoms with Crippen LogP contribution in [0.15, 0.2) is 0 Å². The van der Waals surface area contributed by atoms with Crippen LogP contribution in [-0.4, -0.2) is 23.0 Å². The van der Waals surface area contributed by atoms with E-state index in [1.807, 2.05) is 0 Å². The van der Waals surface area contributed by atoms with Gasteiger partial charge < -0.3 is 10.4 Å². The van der Waals surface area contributed by atoms with Gasteiger partial charge in [0, 0.05) is 18.9 Å². The second kappa shape index (κ2) is 4.85. The number of fused-ring (bicyclic) bond motifs is 2. The maximum atomic E-state index is 11.6. The minimum absolute atomic E-state index is 0.0267. The average Bonchev–Trinajstić information content (AvgIpc) is 2.78. The van der Waals surface area contributed by atoms with Crippen LogP contribution in [0.5, 0.6) is 0 Å². The predicted octanol–water partition coefficient (Wildman–Crippen LogP) is 1.55. The van der Waals surface area contributed by atoms with Gasteiger partial charge in [-0.2, -0.15) is 0 Å². The fourth-order valence-corrected chi connectivity index (χ4v) is 3.10. The molecule has 0 heterocycles. The lowest BCUT2D eigenvalue weighted by atomic mass is 9.95. The highest BCUT2D eigenvalue weighted by molar-refractivity contribution is 5.77. The predicted molar refractivity (Wildman–Crippen MR) is 58.9 cm³/mol. The molecule has 0 aromatic heterocycles. The lowest BCUT2D eigenvalue weighted by molar-refractivity contribution is -0.137. The van der Waals surface area contributed by atoms with E-state index < -0.39 is 5.97 Å². The van der Waals surface area contributed by atoms with Crippen molar-refractivity contribution in [3.05, 3.63) is 0 Å². The fraction of sp³-hybridized carbons (Fsp3) is 0.833. The minimum atomic E-state index is -0.826. The van der Waals surface area contributed by atoms with Gasteiger partial charge in [-0.1, -0.05) is 6.42 Å². The quantitative estimate of drug-likeness (QED) is 0.746. The van der Waals surface area contributed by atoms with E-state index in [9.17, 15) is 9.59 Å². The van der Waals surface area contributed by atoms with Crippen LogP contribution in [0.3, 0.4) is 0 Å². The molecule has 90 valence electrons. The van der Waals surface area contributed by atoms with Crippen molar-refractivity contribution in [3.8, 4) is 0 Å². The molecule has 2 saturated carbocycles. The van der Waals surface area contributed by atoms with Gasteiger partial charge in [-0.25, -0.2) is 0 Å². The summed E-state index contributed by atoms with van der Waals surface area (Å²) in [5.41, 5.74) is 0. The lowest BCUT2D eigenvalue weighted by Crippen LogP contribution is -2.38. The summed E-state index contributed by atoms with van der Waals surface area (Å²) >= 11 is 0. The first kappa shape index (κ1) is 11.4. The van der Waals surface area contributed by atoms with E-state index in [4.69, 9.17) is 5.11 Å². The molecule has 0 radical (unpaired) electrons. The van der Waals surface area contributed by atoms with Gasteiger partial charge in [-0.3, -0.25) is 9.59 Å². The molecule has 2 aliphatic rings. The van der Waals surface area contributed by atoms with Gasteiger partial charge in [0.15, 0.2) is 0 Å². The van der Waals surface area contributed by atoms with E-state index in [0.29, 0.717) is 24.8 Å². The fourth-order valence-electron chi connectivity index (χ4n) is 3.10. The van der Waals surface area contributed by atoms with Gasteiger partial charge in [0.25, 0.3) is 0 Å². The zero-order valence-corrected chi connectivity index (χ0v) is 9.45. The van der Waals surface area contributed by atoms with Crippen molar-refractivity contribution in [2.24, 2.45) is 11.8 Å². The van der Waals surface area contributed by atoms with Crippen LogP contribution >= 0.6 is 0 Å². The first-order chi connectivity index (χ1) is 7.65. The van der Waals surface area contributed by atoms with Crippen LogP contribution in [0.25, 0.3) is 0 Å². The summed E-state index contributed by atoms with van der Waals surface area (Å²) in [6.45, 7) is 0. The van der Waals surface area contributed by atoms with Crippen LogP contribution in [0.2, 0.25) is 0 Å². The van der Waals surface area contributed by atoms with E-state index in [1.165, 1.54) is 19.3 Å². The third kappa shape index (κ3) is 2.74. The number of rotatable bonds is 5. The molecule has 4 nitrogen and oxygen atoms in total. The number of hydrogen-bond donors (Lipinski definition) is 2. The molecule has 1 amide bonds. The normalized spacial score (nSPS) is 31.6. The molecule has 3 unspecified atom stereocenters. The maximum absolute atomic E-state index is 11.6. The standard InChI is InChI=1S/C12H19NO3/c14-11(2-1-3-12(15)16)13-10-7-8-4-5-9(10)6-8/h8-10H,1-7H2,(H,13,14)(H,15,16). The molecule has 0 saturated heterocycles. The number of amides is 1. The van der Waals surface area contributed by atoms with Gasteiger partial charge in [0.1, 0.15) is 0 Å². The summed E-state index contributed by atoms with van der Waals surface area (Å²) < 4.78 is 0. The number of hydrogen-bond acceptors (Lipinski definition) is 2. The number of carboxylic acids is 1. The molecule has 2 fully saturated rings. The molecule has 0 aliphatic heterocycles. The van der Waals surface area contributed by atoms with Crippen molar-refractivity contribution in [2.45, 2.75) is 51.0 Å². The number of carboxylic acid groups (broad SMARTS) is 1. The van der Waals surface area contributed by atoms with Crippen LogP contribution < -0.4 is 5.32 Å². The summed E-state index contributed by atoms with van der Waals surface area (Å²) in [7, 11) is 0. The number of carbonyl (C=O) groups is 2. The van der Waals surface area contributed by atoms with Crippen molar-refractivity contribution < 1.29 is 14.7 Å². The second-order valence-electron chi connectivity index (χ2n) is 5.10. The average molecular weight is 225 g/mol. The first-order valence-electron chi connectivity index (χ1n) is 6.16. The molecule has 3 atom stereocenters. The smallest absolute Gasteiger partial charge is 0.303 e. The van der Waals surface area contributed by atoms with Gasteiger partial charge >= 0.3 is 5.97 Å². The molecule has 0 aromatic rings. The van der Waals surface area contributed by atoms with Crippen LogP contribution in [-0.2, 0) is 9.59 Å². The third-order valence-electron chi connectivity index (χ3n) is 3.88. The Hall–Kier alpha value is -1.06. The Morgan fingerprint density at radius 3 is 2.56 bits per heavy atom. The van der Waals surface area contributed by atoms with Gasteiger partial charge in [-0.05, 0) is 37.5 Å². The zero-order chi connectivity index (χ0) is 11.5. The highest BCUT2D eigenvalue weighted by Gasteiger charge is 2.39. The zero-order valence-electron chi connectivity index (χ0n) is 9.45. The summed E-state index contributed by atoms with van der Waals surface area (Å²) in [5, 5.41) is 11.5. The molecule has 2 aliphatic carbocycles. The van der Waals surface area contributed by atoms with Crippen molar-refractivity contribution in [1.82, 2.24) is 5.32 Å². The number of aliphatic carboxylic acids is 1. The highest BCUT2D eigenvalue weighted by atomic mass is 16.4. The van der Waals surface area contributed by atoms with Crippen molar-refractivity contribution in [3.63, 3.8) is 0 Å². The molecule has 2 bridgehead atoms. The monoisotopic (exact) mass is 225 g/mol. The van der Waals surface area contributed by atoms with Crippen LogP contribution in [0.4, 0.5) is 0 Å². The Balaban J connectivity index is 1.66. The summed E-state index contributed by atoms with van der Waals surface area (Å²) in [5.74, 6) is 0.717. The molecule has 2 N–H and O–H groups in total. The van der Waals surface area contributed by atoms with E-state index in [1.54, 1.807) is 0 Å². The summed E-state index contributed by atoms with van der Waals surface area (Å²) in [6, 6.07) is 0.371. The Bertz CT molecular complexity index is 290. The highest BCUT2D eigenvalue weighted by Crippen LogP contribution is 2.44. The van der Waals surface area contributed by atoms with Gasteiger partial charge in [0.05, 0.1) is 0 Å². The molecule has 16 heavy (non-hydrogen) atoms. The SMILES string of the molecule is O=C(O)CCCC(=O)NC1CC2CCC1C2. The van der Waals surface area contributed by atoms with Gasteiger partial charge in [-0.15, -0.1) is 0 Å². The maximum Gasteiger partial charge on any atom is 0.303 e. The Kier molecular flexibility index (Phi) is 3.46. The molecule has 0 aromatic carbocycles. The summed E-state index contributed by atoms with van der Waals surface area (Å²) in [4.78, 5) is 21.9. The Labute approximate surface area is 95.4 Å². The molecule has 2 rings (SSSR count). The second-order valence-corrected chi connectivity index (χ2v) is 5.10. The third-order valence-corrected chi connectivity index (χ3v) is 3.88. The molecular formula is C12H19NO3. The van der Waals surface area contributed by atoms with E-state index in [2.05, 4.69) is 5.32 Å². The van der Waals surface area contributed by atoms with E-state index in [-0.39, 0.29) is 12.3 Å². The Morgan fingerprint density at radius 2 is 2.00 bits per heavy atom. The van der Waals surface area contributed by atoms with Crippen molar-refractivity contribution in [1.29, 1.82) is 0 Å². The largest absolute Gasteiger partial charge is 0.481 e. The van der Waals surface area contributed by atoms with Gasteiger partial charge in [0.2, 0.25) is 5.91 Å². The lowest BCUT2D eigenvalue weighted by Gasteiger charge is -2.22. The van der Waals surface area contributed by atoms with Crippen molar-refractivity contribution >= 4 is 11.9 Å². The molecule has 4 heteroatoms. The minimum Gasteiger partial charge on any atom is -0.481 e. The summed E-state index contributed by atoms with van der Waals surface area (Å²) in [6.07, 6.45) is 5.88. The topological polar surface area (TPSA) is 66.4 Å². The first-order valence-corrected chi connectivity index (χ1v) is 6.16. The van der Waals surface area contributed by atoms with Crippen LogP contribution in [0.1, 0.15) is 44.9 Å².